The highest BCUT2D eigenvalue weighted by Gasteiger charge is 2.32. The Bertz CT molecular complexity index is 565. The third-order valence-corrected chi connectivity index (χ3v) is 7.87. The normalized spacial score (nSPS) is 18.9. The number of hydrogen-bond donors (Lipinski definition) is 1. The van der Waals surface area contributed by atoms with Gasteiger partial charge in [-0.15, -0.1) is 11.3 Å². The topological polar surface area (TPSA) is 60.9 Å². The largest absolute Gasteiger partial charge is 0.391 e. The molecule has 2 heterocycles. The number of aliphatic hydroxyl groups is 1. The second kappa shape index (κ2) is 6.41. The smallest absolute Gasteiger partial charge is 0.245 e. The van der Waals surface area contributed by atoms with E-state index in [0.29, 0.717) is 8.66 Å². The summed E-state index contributed by atoms with van der Waals surface area (Å²) in [4.78, 5) is 3.11. The first-order valence-electron chi connectivity index (χ1n) is 6.42. The summed E-state index contributed by atoms with van der Waals surface area (Å²) in [6.45, 7) is 1.69. The van der Waals surface area contributed by atoms with E-state index in [9.17, 15) is 8.42 Å². The summed E-state index contributed by atoms with van der Waals surface area (Å²) in [5, 5.41) is 9.13. The van der Waals surface area contributed by atoms with Crippen molar-refractivity contribution in [3.8, 4) is 0 Å². The van der Waals surface area contributed by atoms with Crippen molar-refractivity contribution in [2.24, 2.45) is 0 Å². The maximum Gasteiger partial charge on any atom is 0.245 e. The number of halogens is 1. The summed E-state index contributed by atoms with van der Waals surface area (Å²) >= 11 is 4.55. The zero-order valence-corrected chi connectivity index (χ0v) is 14.8. The Hall–Kier alpha value is 0.01000. The van der Waals surface area contributed by atoms with Crippen molar-refractivity contribution >= 4 is 37.3 Å². The zero-order chi connectivity index (χ0) is 14.9. The van der Waals surface area contributed by atoms with Gasteiger partial charge in [-0.25, -0.2) is 8.42 Å². The van der Waals surface area contributed by atoms with Crippen LogP contribution in [-0.2, 0) is 16.6 Å². The number of likely N-dealkylation sites (tertiary alicyclic amines) is 1. The lowest BCUT2D eigenvalue weighted by atomic mass is 10.1. The molecular formula is C12H19BrN2O3S2. The van der Waals surface area contributed by atoms with Gasteiger partial charge in [-0.2, -0.15) is 4.31 Å². The molecule has 1 aliphatic heterocycles. The van der Waals surface area contributed by atoms with Gasteiger partial charge < -0.3 is 10.0 Å². The molecule has 1 aromatic heterocycles. The van der Waals surface area contributed by atoms with Crippen LogP contribution in [0.4, 0.5) is 0 Å². The average Bonchev–Trinajstić information content (AvgIpc) is 2.81. The number of piperidine rings is 1. The first kappa shape index (κ1) is 16.4. The standard InChI is InChI=1S/C12H19BrN2O3S2/c1-14-5-3-9(4-6-14)15(2)20(17,18)11-7-10(8-16)19-12(11)13/h7,9,16H,3-6,8H2,1-2H3. The maximum absolute atomic E-state index is 12.7. The monoisotopic (exact) mass is 382 g/mol. The molecule has 0 amide bonds. The van der Waals surface area contributed by atoms with E-state index in [4.69, 9.17) is 5.11 Å². The van der Waals surface area contributed by atoms with Gasteiger partial charge in [0, 0.05) is 18.0 Å². The number of thiophene rings is 1. The van der Waals surface area contributed by atoms with Gasteiger partial charge in [-0.05, 0) is 55.0 Å². The molecule has 0 bridgehead atoms. The first-order chi connectivity index (χ1) is 9.36. The number of sulfonamides is 1. The van der Waals surface area contributed by atoms with Crippen molar-refractivity contribution < 1.29 is 13.5 Å². The Kier molecular flexibility index (Phi) is 5.25. The molecule has 1 saturated heterocycles. The van der Waals surface area contributed by atoms with E-state index >= 15 is 0 Å². The predicted molar refractivity (Wildman–Crippen MR) is 83.4 cm³/mol. The fraction of sp³-hybridized carbons (Fsp3) is 0.667. The lowest BCUT2D eigenvalue weighted by Gasteiger charge is -2.34. The summed E-state index contributed by atoms with van der Waals surface area (Å²) in [7, 11) is 0.187. The summed E-state index contributed by atoms with van der Waals surface area (Å²) in [5.74, 6) is 0. The Balaban J connectivity index is 2.22. The molecule has 2 rings (SSSR count). The maximum atomic E-state index is 12.7. The fourth-order valence-corrected chi connectivity index (χ4v) is 6.27. The predicted octanol–water partition coefficient (Wildman–Crippen LogP) is 1.72. The first-order valence-corrected chi connectivity index (χ1v) is 9.47. The summed E-state index contributed by atoms with van der Waals surface area (Å²) < 4.78 is 27.4. The van der Waals surface area contributed by atoms with Crippen LogP contribution in [0.5, 0.6) is 0 Å². The van der Waals surface area contributed by atoms with Crippen LogP contribution in [0.25, 0.3) is 0 Å². The lowest BCUT2D eigenvalue weighted by molar-refractivity contribution is 0.197. The summed E-state index contributed by atoms with van der Waals surface area (Å²) in [6.07, 6.45) is 1.70. The number of aliphatic hydroxyl groups excluding tert-OH is 1. The summed E-state index contributed by atoms with van der Waals surface area (Å²) in [5.41, 5.74) is 0. The van der Waals surface area contributed by atoms with Crippen LogP contribution in [0, 0.1) is 0 Å². The Morgan fingerprint density at radius 2 is 2.10 bits per heavy atom. The van der Waals surface area contributed by atoms with Crippen molar-refractivity contribution in [3.05, 3.63) is 14.7 Å². The van der Waals surface area contributed by atoms with Gasteiger partial charge in [0.25, 0.3) is 0 Å². The molecule has 0 saturated carbocycles. The Labute approximate surface area is 132 Å². The van der Waals surface area contributed by atoms with Crippen molar-refractivity contribution in [1.82, 2.24) is 9.21 Å². The van der Waals surface area contributed by atoms with Crippen LogP contribution in [0.3, 0.4) is 0 Å². The minimum atomic E-state index is -3.51. The van der Waals surface area contributed by atoms with Crippen LogP contribution in [0.2, 0.25) is 0 Å². The number of rotatable bonds is 4. The van der Waals surface area contributed by atoms with E-state index in [1.165, 1.54) is 15.6 Å². The van der Waals surface area contributed by atoms with Crippen molar-refractivity contribution in [2.75, 3.05) is 27.2 Å². The second-order valence-corrected chi connectivity index (χ2v) is 9.49. The van der Waals surface area contributed by atoms with Gasteiger partial charge in [0.05, 0.1) is 10.4 Å². The highest BCUT2D eigenvalue weighted by molar-refractivity contribution is 9.11. The minimum absolute atomic E-state index is 0.0422. The number of hydrogen-bond acceptors (Lipinski definition) is 5. The van der Waals surface area contributed by atoms with Crippen LogP contribution in [0.1, 0.15) is 17.7 Å². The molecule has 5 nitrogen and oxygen atoms in total. The van der Waals surface area contributed by atoms with Gasteiger partial charge in [-0.3, -0.25) is 0 Å². The van der Waals surface area contributed by atoms with Crippen molar-refractivity contribution in [2.45, 2.75) is 30.4 Å². The van der Waals surface area contributed by atoms with E-state index < -0.39 is 10.0 Å². The van der Waals surface area contributed by atoms with Gasteiger partial charge in [0.2, 0.25) is 10.0 Å². The highest BCUT2D eigenvalue weighted by Crippen LogP contribution is 2.34. The minimum Gasteiger partial charge on any atom is -0.391 e. The van der Waals surface area contributed by atoms with Crippen LogP contribution in [-0.4, -0.2) is 56.0 Å². The average molecular weight is 383 g/mol. The molecule has 114 valence electrons. The van der Waals surface area contributed by atoms with E-state index in [2.05, 4.69) is 20.8 Å². The van der Waals surface area contributed by atoms with Crippen molar-refractivity contribution in [1.29, 1.82) is 0 Å². The molecule has 0 atom stereocenters. The highest BCUT2D eigenvalue weighted by atomic mass is 79.9. The van der Waals surface area contributed by atoms with Crippen LogP contribution < -0.4 is 0 Å². The molecule has 0 aromatic carbocycles. The lowest BCUT2D eigenvalue weighted by Crippen LogP contribution is -2.44. The molecule has 1 fully saturated rings. The van der Waals surface area contributed by atoms with Gasteiger partial charge in [-0.1, -0.05) is 0 Å². The number of nitrogens with zero attached hydrogens (tertiary/aromatic N) is 2. The van der Waals surface area contributed by atoms with E-state index in [1.54, 1.807) is 13.1 Å². The molecule has 0 spiro atoms. The summed E-state index contributed by atoms with van der Waals surface area (Å²) in [6, 6.07) is 1.59. The third kappa shape index (κ3) is 3.26. The molecule has 1 aliphatic rings. The quantitative estimate of drug-likeness (QED) is 0.860. The van der Waals surface area contributed by atoms with E-state index in [-0.39, 0.29) is 17.5 Å². The Morgan fingerprint density at radius 3 is 2.60 bits per heavy atom. The van der Waals surface area contributed by atoms with E-state index in [0.717, 1.165) is 25.9 Å². The Morgan fingerprint density at radius 1 is 1.50 bits per heavy atom. The van der Waals surface area contributed by atoms with Gasteiger partial charge >= 0.3 is 0 Å². The molecule has 1 aromatic rings. The fourth-order valence-electron chi connectivity index (χ4n) is 2.36. The molecule has 1 N–H and O–H groups in total. The van der Waals surface area contributed by atoms with E-state index in [1.807, 2.05) is 7.05 Å². The molecule has 20 heavy (non-hydrogen) atoms. The zero-order valence-electron chi connectivity index (χ0n) is 11.5. The molecule has 8 heteroatoms. The van der Waals surface area contributed by atoms with Gasteiger partial charge in [0.15, 0.2) is 0 Å². The third-order valence-electron chi connectivity index (χ3n) is 3.72. The molecule has 0 radical (unpaired) electrons. The molecule has 0 aliphatic carbocycles. The SMILES string of the molecule is CN1CCC(N(C)S(=O)(=O)c2cc(CO)sc2Br)CC1. The molecular weight excluding hydrogens is 364 g/mol. The second-order valence-electron chi connectivity index (χ2n) is 5.06. The van der Waals surface area contributed by atoms with Crippen LogP contribution >= 0.6 is 27.3 Å². The molecule has 0 unspecified atom stereocenters. The van der Waals surface area contributed by atoms with Crippen molar-refractivity contribution in [3.63, 3.8) is 0 Å². The van der Waals surface area contributed by atoms with Gasteiger partial charge in [0.1, 0.15) is 4.90 Å². The van der Waals surface area contributed by atoms with Crippen LogP contribution in [0.15, 0.2) is 14.7 Å².